The summed E-state index contributed by atoms with van der Waals surface area (Å²) in [6.45, 7) is 8.78. The quantitative estimate of drug-likeness (QED) is 0.296. The van der Waals surface area contributed by atoms with Crippen molar-refractivity contribution < 1.29 is 4.79 Å². The van der Waals surface area contributed by atoms with Crippen LogP contribution in [0, 0.1) is 11.3 Å². The fourth-order valence-corrected chi connectivity index (χ4v) is 3.76. The minimum absolute atomic E-state index is 0. The first-order valence-electron chi connectivity index (χ1n) is 9.79. The zero-order valence-corrected chi connectivity index (χ0v) is 19.4. The van der Waals surface area contributed by atoms with Crippen molar-refractivity contribution >= 4 is 35.8 Å². The van der Waals surface area contributed by atoms with Gasteiger partial charge >= 0.3 is 0 Å². The number of carbonyl (C=O) groups is 1. The largest absolute Gasteiger partial charge is 0.356 e. The van der Waals surface area contributed by atoms with E-state index < -0.39 is 0 Å². The van der Waals surface area contributed by atoms with Crippen molar-refractivity contribution in [1.29, 1.82) is 0 Å². The fraction of sp³-hybridized carbons (Fsp3) is 0.619. The predicted octanol–water partition coefficient (Wildman–Crippen LogP) is 3.94. The number of nitrogens with one attached hydrogen (secondary N) is 3. The van der Waals surface area contributed by atoms with Gasteiger partial charge in [-0.05, 0) is 55.2 Å². The molecule has 0 aliphatic heterocycles. The molecule has 1 fully saturated rings. The summed E-state index contributed by atoms with van der Waals surface area (Å²) in [5, 5.41) is 9.71. The first kappa shape index (κ1) is 23.7. The minimum atomic E-state index is -0.0301. The van der Waals surface area contributed by atoms with Crippen LogP contribution in [0.1, 0.15) is 62.4 Å². The highest BCUT2D eigenvalue weighted by molar-refractivity contribution is 14.0. The van der Waals surface area contributed by atoms with Crippen LogP contribution in [0.5, 0.6) is 0 Å². The molecule has 152 valence electrons. The normalized spacial score (nSPS) is 15.5. The smallest absolute Gasteiger partial charge is 0.251 e. The molecule has 1 aliphatic carbocycles. The lowest BCUT2D eigenvalue weighted by molar-refractivity contribution is 0.0955. The lowest BCUT2D eigenvalue weighted by Crippen LogP contribution is -2.46. The molecule has 0 bridgehead atoms. The molecule has 0 saturated heterocycles. The fourth-order valence-electron chi connectivity index (χ4n) is 3.76. The monoisotopic (exact) mass is 486 g/mol. The van der Waals surface area contributed by atoms with Crippen LogP contribution >= 0.6 is 24.0 Å². The Bertz CT molecular complexity index is 626. The van der Waals surface area contributed by atoms with E-state index in [9.17, 15) is 4.79 Å². The zero-order chi connectivity index (χ0) is 19.0. The SMILES string of the molecule is CCNC(=O)c1cccc(CNC(=NC)NCC2(CC(C)C)CCC2)c1.I. The van der Waals surface area contributed by atoms with Crippen molar-refractivity contribution in [3.63, 3.8) is 0 Å². The van der Waals surface area contributed by atoms with Gasteiger partial charge in [-0.15, -0.1) is 24.0 Å². The summed E-state index contributed by atoms with van der Waals surface area (Å²) in [6.07, 6.45) is 5.23. The van der Waals surface area contributed by atoms with E-state index in [1.807, 2.05) is 31.2 Å². The molecule has 0 heterocycles. The molecule has 1 saturated carbocycles. The first-order chi connectivity index (χ1) is 12.5. The second kappa shape index (κ2) is 11.5. The van der Waals surface area contributed by atoms with Gasteiger partial charge in [0.05, 0.1) is 0 Å². The number of halogens is 1. The van der Waals surface area contributed by atoms with E-state index in [1.165, 1.54) is 25.7 Å². The van der Waals surface area contributed by atoms with E-state index in [-0.39, 0.29) is 29.9 Å². The molecule has 1 aromatic carbocycles. The third-order valence-corrected chi connectivity index (χ3v) is 5.10. The van der Waals surface area contributed by atoms with Gasteiger partial charge < -0.3 is 16.0 Å². The Morgan fingerprint density at radius 1 is 1.22 bits per heavy atom. The summed E-state index contributed by atoms with van der Waals surface area (Å²) in [6, 6.07) is 7.71. The molecular weight excluding hydrogens is 451 g/mol. The lowest BCUT2D eigenvalue weighted by atomic mass is 9.64. The number of benzene rings is 1. The second-order valence-corrected chi connectivity index (χ2v) is 7.79. The average Bonchev–Trinajstić information content (AvgIpc) is 2.59. The number of guanidine groups is 1. The van der Waals surface area contributed by atoms with Gasteiger partial charge in [-0.25, -0.2) is 0 Å². The van der Waals surface area contributed by atoms with Gasteiger partial charge in [0.1, 0.15) is 0 Å². The van der Waals surface area contributed by atoms with Crippen LogP contribution in [-0.4, -0.2) is 32.0 Å². The van der Waals surface area contributed by atoms with E-state index in [4.69, 9.17) is 0 Å². The van der Waals surface area contributed by atoms with Gasteiger partial charge in [0.15, 0.2) is 5.96 Å². The van der Waals surface area contributed by atoms with Crippen LogP contribution < -0.4 is 16.0 Å². The number of aliphatic imine (C=N–C) groups is 1. The number of amides is 1. The predicted molar refractivity (Wildman–Crippen MR) is 124 cm³/mol. The molecule has 0 unspecified atom stereocenters. The van der Waals surface area contributed by atoms with Crippen LogP contribution in [0.4, 0.5) is 0 Å². The van der Waals surface area contributed by atoms with Crippen LogP contribution in [0.15, 0.2) is 29.3 Å². The molecule has 3 N–H and O–H groups in total. The molecule has 1 aliphatic rings. The Kier molecular flexibility index (Phi) is 10.1. The lowest BCUT2D eigenvalue weighted by Gasteiger charge is -2.43. The summed E-state index contributed by atoms with van der Waals surface area (Å²) < 4.78 is 0. The topological polar surface area (TPSA) is 65.5 Å². The van der Waals surface area contributed by atoms with E-state index in [0.717, 1.165) is 24.0 Å². The van der Waals surface area contributed by atoms with Gasteiger partial charge in [0, 0.05) is 32.2 Å². The molecule has 0 atom stereocenters. The van der Waals surface area contributed by atoms with Crippen molar-refractivity contribution in [2.24, 2.45) is 16.3 Å². The Labute approximate surface area is 181 Å². The summed E-state index contributed by atoms with van der Waals surface area (Å²) in [7, 11) is 1.80. The average molecular weight is 486 g/mol. The number of rotatable bonds is 8. The molecule has 2 rings (SSSR count). The summed E-state index contributed by atoms with van der Waals surface area (Å²) in [5.74, 6) is 1.52. The van der Waals surface area contributed by atoms with Crippen molar-refractivity contribution in [2.75, 3.05) is 20.1 Å². The molecule has 0 radical (unpaired) electrons. The van der Waals surface area contributed by atoms with E-state index in [2.05, 4.69) is 34.8 Å². The summed E-state index contributed by atoms with van der Waals surface area (Å²) >= 11 is 0. The third-order valence-electron chi connectivity index (χ3n) is 5.10. The number of hydrogen-bond donors (Lipinski definition) is 3. The van der Waals surface area contributed by atoms with Crippen molar-refractivity contribution in [3.8, 4) is 0 Å². The van der Waals surface area contributed by atoms with E-state index in [1.54, 1.807) is 7.05 Å². The van der Waals surface area contributed by atoms with E-state index in [0.29, 0.717) is 24.1 Å². The minimum Gasteiger partial charge on any atom is -0.356 e. The highest BCUT2D eigenvalue weighted by Crippen LogP contribution is 2.45. The van der Waals surface area contributed by atoms with Crippen LogP contribution in [0.2, 0.25) is 0 Å². The summed E-state index contributed by atoms with van der Waals surface area (Å²) in [4.78, 5) is 16.3. The van der Waals surface area contributed by atoms with Gasteiger partial charge in [0.2, 0.25) is 0 Å². The van der Waals surface area contributed by atoms with E-state index >= 15 is 0 Å². The molecular formula is C21H35IN4O. The maximum absolute atomic E-state index is 12.0. The number of carbonyl (C=O) groups excluding carboxylic acids is 1. The standard InChI is InChI=1S/C21H34N4O.HI/c1-5-23-19(26)18-9-6-8-17(12-18)14-24-20(22-4)25-15-21(10-7-11-21)13-16(2)3;/h6,8-9,12,16H,5,7,10-11,13-15H2,1-4H3,(H,23,26)(H2,22,24,25);1H. The Morgan fingerprint density at radius 2 is 1.96 bits per heavy atom. The highest BCUT2D eigenvalue weighted by Gasteiger charge is 2.37. The Balaban J connectivity index is 0.00000364. The molecule has 0 aromatic heterocycles. The Hall–Kier alpha value is -1.31. The molecule has 5 nitrogen and oxygen atoms in total. The Morgan fingerprint density at radius 3 is 2.52 bits per heavy atom. The molecule has 27 heavy (non-hydrogen) atoms. The van der Waals surface area contributed by atoms with Gasteiger partial charge in [0.25, 0.3) is 5.91 Å². The molecule has 6 heteroatoms. The number of nitrogens with zero attached hydrogens (tertiary/aromatic N) is 1. The molecule has 1 aromatic rings. The van der Waals surface area contributed by atoms with Gasteiger partial charge in [-0.2, -0.15) is 0 Å². The summed E-state index contributed by atoms with van der Waals surface area (Å²) in [5.41, 5.74) is 2.20. The maximum Gasteiger partial charge on any atom is 0.251 e. The second-order valence-electron chi connectivity index (χ2n) is 7.79. The van der Waals surface area contributed by atoms with Crippen LogP contribution in [0.3, 0.4) is 0 Å². The van der Waals surface area contributed by atoms with Crippen molar-refractivity contribution in [1.82, 2.24) is 16.0 Å². The van der Waals surface area contributed by atoms with Gasteiger partial charge in [-0.3, -0.25) is 9.79 Å². The van der Waals surface area contributed by atoms with Crippen molar-refractivity contribution in [3.05, 3.63) is 35.4 Å². The maximum atomic E-state index is 12.0. The zero-order valence-electron chi connectivity index (χ0n) is 17.1. The van der Waals surface area contributed by atoms with Gasteiger partial charge in [-0.1, -0.05) is 32.4 Å². The number of hydrogen-bond acceptors (Lipinski definition) is 2. The third kappa shape index (κ3) is 7.31. The van der Waals surface area contributed by atoms with Crippen LogP contribution in [0.25, 0.3) is 0 Å². The first-order valence-corrected chi connectivity index (χ1v) is 9.79. The highest BCUT2D eigenvalue weighted by atomic mass is 127. The molecule has 0 spiro atoms. The molecule has 1 amide bonds. The van der Waals surface area contributed by atoms with Crippen LogP contribution in [-0.2, 0) is 6.54 Å². The van der Waals surface area contributed by atoms with Crippen molar-refractivity contribution in [2.45, 2.75) is 53.0 Å².